The van der Waals surface area contributed by atoms with E-state index < -0.39 is 0 Å². The summed E-state index contributed by atoms with van der Waals surface area (Å²) >= 11 is 0. The molecule has 0 bridgehead atoms. The van der Waals surface area contributed by atoms with Gasteiger partial charge < -0.3 is 20.1 Å². The summed E-state index contributed by atoms with van der Waals surface area (Å²) in [6, 6.07) is 14.8. The second-order valence-electron chi connectivity index (χ2n) is 6.80. The molecule has 2 aromatic carbocycles. The van der Waals surface area contributed by atoms with Gasteiger partial charge in [0.05, 0.1) is 7.11 Å². The number of aromatic nitrogens is 2. The quantitative estimate of drug-likeness (QED) is 0.457. The number of phenols is 1. The van der Waals surface area contributed by atoms with Crippen LogP contribution in [0.3, 0.4) is 0 Å². The first-order valence-corrected chi connectivity index (χ1v) is 9.11. The predicted octanol–water partition coefficient (Wildman–Crippen LogP) is 4.44. The highest BCUT2D eigenvalue weighted by molar-refractivity contribution is 6.35. The first-order valence-electron chi connectivity index (χ1n) is 9.11. The molecule has 6 nitrogen and oxygen atoms in total. The standard InChI is InChI=1S/C23H17N3O3/c1-29-21-11-14(5-7-20(21)27)13-4-6-17-18(23(28)26-19(17)10-13)9-15-12-25-22-16(15)3-2-8-24-22/h2-12,27H,1H3,(H,24,25)(H,26,28)/b18-9-. The van der Waals surface area contributed by atoms with Gasteiger partial charge in [-0.15, -0.1) is 0 Å². The number of H-pyrrole nitrogens is 1. The van der Waals surface area contributed by atoms with Crippen molar-refractivity contribution in [3.63, 3.8) is 0 Å². The van der Waals surface area contributed by atoms with Crippen molar-refractivity contribution in [3.8, 4) is 22.6 Å². The number of methoxy groups -OCH3 is 1. The summed E-state index contributed by atoms with van der Waals surface area (Å²) in [4.78, 5) is 20.0. The van der Waals surface area contributed by atoms with Crippen LogP contribution in [0, 0.1) is 0 Å². The fourth-order valence-electron chi connectivity index (χ4n) is 3.63. The summed E-state index contributed by atoms with van der Waals surface area (Å²) in [5.74, 6) is 0.350. The second-order valence-corrected chi connectivity index (χ2v) is 6.80. The second kappa shape index (κ2) is 6.53. The van der Waals surface area contributed by atoms with Crippen molar-refractivity contribution in [1.82, 2.24) is 9.97 Å². The maximum absolute atomic E-state index is 12.6. The molecule has 0 saturated heterocycles. The number of nitrogens with one attached hydrogen (secondary N) is 2. The molecule has 0 saturated carbocycles. The molecule has 0 fully saturated rings. The topological polar surface area (TPSA) is 87.2 Å². The van der Waals surface area contributed by atoms with Crippen LogP contribution in [0.4, 0.5) is 5.69 Å². The van der Waals surface area contributed by atoms with Crippen LogP contribution < -0.4 is 10.1 Å². The van der Waals surface area contributed by atoms with E-state index >= 15 is 0 Å². The Hall–Kier alpha value is -4.06. The normalized spacial score (nSPS) is 14.2. The van der Waals surface area contributed by atoms with Gasteiger partial charge in [0.15, 0.2) is 11.5 Å². The van der Waals surface area contributed by atoms with Gasteiger partial charge in [0.25, 0.3) is 5.91 Å². The van der Waals surface area contributed by atoms with Gasteiger partial charge in [-0.25, -0.2) is 4.98 Å². The molecule has 1 amide bonds. The van der Waals surface area contributed by atoms with Crippen LogP contribution in [-0.4, -0.2) is 28.1 Å². The fourth-order valence-corrected chi connectivity index (χ4v) is 3.63. The number of amides is 1. The first-order chi connectivity index (χ1) is 14.1. The van der Waals surface area contributed by atoms with Crippen molar-refractivity contribution in [2.24, 2.45) is 0 Å². The number of nitrogens with zero attached hydrogens (tertiary/aromatic N) is 1. The van der Waals surface area contributed by atoms with E-state index in [9.17, 15) is 9.90 Å². The SMILES string of the molecule is COc1cc(-c2ccc3c(c2)NC(=O)/C3=C\c2c[nH]c3ncccc23)ccc1O. The summed E-state index contributed by atoms with van der Waals surface area (Å²) < 4.78 is 5.19. The summed E-state index contributed by atoms with van der Waals surface area (Å²) in [5.41, 5.74) is 5.72. The number of pyridine rings is 1. The number of aromatic hydroxyl groups is 1. The molecule has 4 aromatic rings. The minimum Gasteiger partial charge on any atom is -0.504 e. The largest absolute Gasteiger partial charge is 0.504 e. The lowest BCUT2D eigenvalue weighted by molar-refractivity contribution is -0.110. The molecule has 142 valence electrons. The van der Waals surface area contributed by atoms with Gasteiger partial charge in [-0.3, -0.25) is 4.79 Å². The molecule has 1 aliphatic heterocycles. The third-order valence-electron chi connectivity index (χ3n) is 5.10. The molecule has 3 heterocycles. The highest BCUT2D eigenvalue weighted by Gasteiger charge is 2.25. The number of rotatable bonds is 3. The highest BCUT2D eigenvalue weighted by Crippen LogP contribution is 2.38. The van der Waals surface area contributed by atoms with Crippen LogP contribution >= 0.6 is 0 Å². The number of carbonyl (C=O) groups is 1. The van der Waals surface area contributed by atoms with E-state index in [0.717, 1.165) is 39.0 Å². The van der Waals surface area contributed by atoms with Gasteiger partial charge in [-0.05, 0) is 47.5 Å². The molecule has 3 N–H and O–H groups in total. The van der Waals surface area contributed by atoms with E-state index in [1.165, 1.54) is 7.11 Å². The van der Waals surface area contributed by atoms with Crippen LogP contribution in [-0.2, 0) is 4.79 Å². The smallest absolute Gasteiger partial charge is 0.256 e. The van der Waals surface area contributed by atoms with E-state index in [2.05, 4.69) is 15.3 Å². The van der Waals surface area contributed by atoms with Crippen molar-refractivity contribution in [2.45, 2.75) is 0 Å². The summed E-state index contributed by atoms with van der Waals surface area (Å²) in [6.45, 7) is 0. The van der Waals surface area contributed by atoms with Crippen molar-refractivity contribution in [2.75, 3.05) is 12.4 Å². The summed E-state index contributed by atoms with van der Waals surface area (Å²) in [7, 11) is 1.51. The minimum atomic E-state index is -0.140. The third-order valence-corrected chi connectivity index (χ3v) is 5.10. The van der Waals surface area contributed by atoms with Gasteiger partial charge in [-0.2, -0.15) is 0 Å². The van der Waals surface area contributed by atoms with Crippen molar-refractivity contribution >= 4 is 34.3 Å². The molecule has 2 aromatic heterocycles. The van der Waals surface area contributed by atoms with Crippen LogP contribution in [0.15, 0.2) is 60.9 Å². The van der Waals surface area contributed by atoms with Crippen molar-refractivity contribution < 1.29 is 14.6 Å². The number of aromatic amines is 1. The Morgan fingerprint density at radius 1 is 1.10 bits per heavy atom. The van der Waals surface area contributed by atoms with E-state index in [1.807, 2.05) is 48.7 Å². The van der Waals surface area contributed by atoms with E-state index in [-0.39, 0.29) is 11.7 Å². The molecule has 0 unspecified atom stereocenters. The first kappa shape index (κ1) is 17.1. The number of ether oxygens (including phenoxy) is 1. The van der Waals surface area contributed by atoms with Crippen molar-refractivity contribution in [1.29, 1.82) is 0 Å². The molecular formula is C23H17N3O3. The Labute approximate surface area is 166 Å². The van der Waals surface area contributed by atoms with Gasteiger partial charge in [0.1, 0.15) is 5.65 Å². The lowest BCUT2D eigenvalue weighted by Crippen LogP contribution is -2.03. The zero-order valence-corrected chi connectivity index (χ0v) is 15.6. The zero-order valence-electron chi connectivity index (χ0n) is 15.6. The molecule has 0 spiro atoms. The number of fused-ring (bicyclic) bond motifs is 2. The lowest BCUT2D eigenvalue weighted by Gasteiger charge is -2.08. The van der Waals surface area contributed by atoms with Crippen LogP contribution in [0.1, 0.15) is 11.1 Å². The van der Waals surface area contributed by atoms with E-state index in [1.54, 1.807) is 18.3 Å². The summed E-state index contributed by atoms with van der Waals surface area (Å²) in [5, 5.41) is 13.7. The average Bonchev–Trinajstić information content (AvgIpc) is 3.29. The molecule has 0 aliphatic carbocycles. The Kier molecular flexibility index (Phi) is 3.84. The zero-order chi connectivity index (χ0) is 20.0. The third kappa shape index (κ3) is 2.82. The number of carbonyl (C=O) groups excluding carboxylic acids is 1. The van der Waals surface area contributed by atoms with Gasteiger partial charge >= 0.3 is 0 Å². The maximum atomic E-state index is 12.6. The minimum absolute atomic E-state index is 0.0872. The Bertz CT molecular complexity index is 1300. The molecule has 29 heavy (non-hydrogen) atoms. The van der Waals surface area contributed by atoms with Gasteiger partial charge in [0, 0.05) is 40.2 Å². The predicted molar refractivity (Wildman–Crippen MR) is 113 cm³/mol. The molecule has 6 heteroatoms. The van der Waals surface area contributed by atoms with E-state index in [4.69, 9.17) is 4.74 Å². The van der Waals surface area contributed by atoms with Crippen LogP contribution in [0.5, 0.6) is 11.5 Å². The number of benzene rings is 2. The molecular weight excluding hydrogens is 366 g/mol. The lowest BCUT2D eigenvalue weighted by atomic mass is 9.99. The van der Waals surface area contributed by atoms with Gasteiger partial charge in [0.2, 0.25) is 0 Å². The van der Waals surface area contributed by atoms with Gasteiger partial charge in [-0.1, -0.05) is 18.2 Å². The van der Waals surface area contributed by atoms with Crippen molar-refractivity contribution in [3.05, 3.63) is 72.1 Å². The molecule has 5 rings (SSSR count). The highest BCUT2D eigenvalue weighted by atomic mass is 16.5. The van der Waals surface area contributed by atoms with E-state index in [0.29, 0.717) is 11.3 Å². The number of phenolic OH excluding ortho intramolecular Hbond substituents is 1. The Balaban J connectivity index is 1.56. The molecule has 1 aliphatic rings. The average molecular weight is 383 g/mol. The summed E-state index contributed by atoms with van der Waals surface area (Å²) in [6.07, 6.45) is 5.46. The molecule has 0 atom stereocenters. The van der Waals surface area contributed by atoms with Crippen LogP contribution in [0.2, 0.25) is 0 Å². The molecule has 0 radical (unpaired) electrons. The maximum Gasteiger partial charge on any atom is 0.256 e. The monoisotopic (exact) mass is 383 g/mol. The number of anilines is 1. The number of hydrogen-bond donors (Lipinski definition) is 3. The number of hydrogen-bond acceptors (Lipinski definition) is 4. The Morgan fingerprint density at radius 3 is 2.79 bits per heavy atom. The fraction of sp³-hybridized carbons (Fsp3) is 0.0435. The van der Waals surface area contributed by atoms with Crippen LogP contribution in [0.25, 0.3) is 33.8 Å². The Morgan fingerprint density at radius 2 is 1.93 bits per heavy atom.